The molecule has 9 nitrogen and oxygen atoms in total. The lowest BCUT2D eigenvalue weighted by Gasteiger charge is -2.37. The van der Waals surface area contributed by atoms with Gasteiger partial charge in [0.2, 0.25) is 12.7 Å². The van der Waals surface area contributed by atoms with Crippen molar-refractivity contribution in [3.8, 4) is 28.7 Å². The molecule has 0 bridgehead atoms. The highest BCUT2D eigenvalue weighted by atomic mass is 16.7. The second kappa shape index (κ2) is 11.4. The Hall–Kier alpha value is -4.66. The lowest BCUT2D eigenvalue weighted by molar-refractivity contribution is -0.129. The lowest BCUT2D eigenvalue weighted by atomic mass is 9.92. The number of methoxy groups -OCH3 is 3. The number of benzene rings is 3. The summed E-state index contributed by atoms with van der Waals surface area (Å²) in [5.74, 6) is 2.55. The summed E-state index contributed by atoms with van der Waals surface area (Å²) in [5, 5.41) is 0. The minimum atomic E-state index is -0.421. The van der Waals surface area contributed by atoms with Crippen molar-refractivity contribution in [2.45, 2.75) is 12.5 Å². The lowest BCUT2D eigenvalue weighted by Crippen LogP contribution is -2.41. The van der Waals surface area contributed by atoms with E-state index in [1.807, 2.05) is 30.3 Å². The topological polar surface area (TPSA) is 92.8 Å². The molecule has 9 heteroatoms. The fourth-order valence-electron chi connectivity index (χ4n) is 4.73. The third kappa shape index (κ3) is 5.47. The second-order valence-corrected chi connectivity index (χ2v) is 8.98. The van der Waals surface area contributed by atoms with Crippen molar-refractivity contribution in [3.63, 3.8) is 0 Å². The van der Waals surface area contributed by atoms with Gasteiger partial charge in [-0.2, -0.15) is 0 Å². The molecule has 0 radical (unpaired) electrons. The normalized spacial score (nSPS) is 15.6. The summed E-state index contributed by atoms with van der Waals surface area (Å²) in [4.78, 5) is 27.0. The number of esters is 1. The number of ether oxygens (including phenoxy) is 6. The van der Waals surface area contributed by atoms with Crippen LogP contribution in [0.25, 0.3) is 6.08 Å². The maximum atomic E-state index is 13.5. The first-order chi connectivity index (χ1) is 19.0. The van der Waals surface area contributed by atoms with Crippen LogP contribution in [-0.2, 0) is 16.0 Å². The predicted octanol–water partition coefficient (Wildman–Crippen LogP) is 4.44. The molecule has 202 valence electrons. The van der Waals surface area contributed by atoms with E-state index in [0.29, 0.717) is 47.3 Å². The van der Waals surface area contributed by atoms with E-state index in [9.17, 15) is 9.59 Å². The quantitative estimate of drug-likeness (QED) is 0.311. The van der Waals surface area contributed by atoms with Gasteiger partial charge in [0.1, 0.15) is 12.4 Å². The molecule has 0 aliphatic carbocycles. The van der Waals surface area contributed by atoms with E-state index >= 15 is 0 Å². The standard InChI is InChI=1S/C30H29NO8/c1-34-26-15-21-12-13-31(29(32)11-5-19-4-10-25-28(14-19)39-18-38-25)24(23(21)16-27(26)35-2)17-37-22-8-6-20(7-9-22)30(33)36-3/h4-11,14-16,24H,12-13,17-18H2,1-3H3. The molecule has 0 N–H and O–H groups in total. The number of hydrogen-bond acceptors (Lipinski definition) is 8. The Balaban J connectivity index is 1.40. The van der Waals surface area contributed by atoms with Crippen LogP contribution in [0.3, 0.4) is 0 Å². The number of carbonyl (C=O) groups is 2. The highest BCUT2D eigenvalue weighted by Gasteiger charge is 2.32. The molecule has 3 aromatic rings. The van der Waals surface area contributed by atoms with Crippen LogP contribution in [0, 0.1) is 0 Å². The van der Waals surface area contributed by atoms with Crippen molar-refractivity contribution in [2.75, 3.05) is 41.3 Å². The van der Waals surface area contributed by atoms with Gasteiger partial charge in [0.15, 0.2) is 23.0 Å². The first kappa shape index (κ1) is 26.0. The van der Waals surface area contributed by atoms with Gasteiger partial charge in [0.05, 0.1) is 32.9 Å². The van der Waals surface area contributed by atoms with E-state index in [2.05, 4.69) is 0 Å². The van der Waals surface area contributed by atoms with Gasteiger partial charge >= 0.3 is 5.97 Å². The van der Waals surface area contributed by atoms with Crippen LogP contribution in [0.4, 0.5) is 0 Å². The molecule has 2 aliphatic rings. The second-order valence-electron chi connectivity index (χ2n) is 8.98. The first-order valence-corrected chi connectivity index (χ1v) is 12.4. The van der Waals surface area contributed by atoms with Gasteiger partial charge in [-0.1, -0.05) is 6.07 Å². The summed E-state index contributed by atoms with van der Waals surface area (Å²) >= 11 is 0. The van der Waals surface area contributed by atoms with Crippen LogP contribution >= 0.6 is 0 Å². The van der Waals surface area contributed by atoms with Crippen molar-refractivity contribution in [3.05, 3.63) is 82.9 Å². The minimum absolute atomic E-state index is 0.150. The molecule has 5 rings (SSSR count). The molecular formula is C30H29NO8. The molecule has 1 unspecified atom stereocenters. The highest BCUT2D eigenvalue weighted by molar-refractivity contribution is 5.92. The molecule has 0 fully saturated rings. The average Bonchev–Trinajstić information content (AvgIpc) is 3.45. The summed E-state index contributed by atoms with van der Waals surface area (Å²) in [6.45, 7) is 0.891. The van der Waals surface area contributed by atoms with Gasteiger partial charge in [-0.25, -0.2) is 4.79 Å². The number of rotatable bonds is 8. The van der Waals surface area contributed by atoms with Gasteiger partial charge in [-0.05, 0) is 77.7 Å². The number of carbonyl (C=O) groups excluding carboxylic acids is 2. The Morgan fingerprint density at radius 2 is 1.69 bits per heavy atom. The van der Waals surface area contributed by atoms with Crippen molar-refractivity contribution in [1.82, 2.24) is 4.90 Å². The number of hydrogen-bond donors (Lipinski definition) is 0. The molecule has 2 heterocycles. The van der Waals surface area contributed by atoms with Crippen LogP contribution in [-0.4, -0.2) is 58.1 Å². The third-order valence-electron chi connectivity index (χ3n) is 6.78. The fourth-order valence-corrected chi connectivity index (χ4v) is 4.73. The van der Waals surface area contributed by atoms with E-state index in [-0.39, 0.29) is 25.3 Å². The Morgan fingerprint density at radius 1 is 0.949 bits per heavy atom. The van der Waals surface area contributed by atoms with Crippen LogP contribution < -0.4 is 23.7 Å². The van der Waals surface area contributed by atoms with Crippen molar-refractivity contribution in [2.24, 2.45) is 0 Å². The van der Waals surface area contributed by atoms with Crippen molar-refractivity contribution in [1.29, 1.82) is 0 Å². The van der Waals surface area contributed by atoms with Gasteiger partial charge in [0.25, 0.3) is 0 Å². The molecule has 0 saturated heterocycles. The van der Waals surface area contributed by atoms with E-state index in [1.165, 1.54) is 7.11 Å². The fraction of sp³-hybridized carbons (Fsp3) is 0.267. The Bertz CT molecular complexity index is 1400. The summed E-state index contributed by atoms with van der Waals surface area (Å²) in [6, 6.07) is 15.7. The molecule has 0 saturated carbocycles. The molecule has 3 aromatic carbocycles. The molecule has 39 heavy (non-hydrogen) atoms. The zero-order chi connectivity index (χ0) is 27.4. The smallest absolute Gasteiger partial charge is 0.337 e. The Kier molecular flexibility index (Phi) is 7.58. The van der Waals surface area contributed by atoms with E-state index in [1.54, 1.807) is 55.5 Å². The summed E-state index contributed by atoms with van der Waals surface area (Å²) in [5.41, 5.74) is 3.24. The summed E-state index contributed by atoms with van der Waals surface area (Å²) in [7, 11) is 4.52. The van der Waals surface area contributed by atoms with E-state index in [4.69, 9.17) is 28.4 Å². The first-order valence-electron chi connectivity index (χ1n) is 12.4. The predicted molar refractivity (Wildman–Crippen MR) is 143 cm³/mol. The molecule has 1 amide bonds. The van der Waals surface area contributed by atoms with Crippen LogP contribution in [0.1, 0.15) is 33.1 Å². The maximum absolute atomic E-state index is 13.5. The van der Waals surface area contributed by atoms with E-state index in [0.717, 1.165) is 16.7 Å². The molecule has 2 aliphatic heterocycles. The maximum Gasteiger partial charge on any atom is 0.337 e. The molecule has 0 spiro atoms. The van der Waals surface area contributed by atoms with Crippen LogP contribution in [0.15, 0.2) is 60.7 Å². The largest absolute Gasteiger partial charge is 0.493 e. The monoisotopic (exact) mass is 531 g/mol. The number of fused-ring (bicyclic) bond motifs is 2. The van der Waals surface area contributed by atoms with E-state index < -0.39 is 5.97 Å². The van der Waals surface area contributed by atoms with Crippen LogP contribution in [0.2, 0.25) is 0 Å². The minimum Gasteiger partial charge on any atom is -0.493 e. The zero-order valence-electron chi connectivity index (χ0n) is 22.0. The number of amides is 1. The van der Waals surface area contributed by atoms with Gasteiger partial charge in [-0.3, -0.25) is 4.79 Å². The molecule has 0 aromatic heterocycles. The Labute approximate surface area is 226 Å². The SMILES string of the molecule is COC(=O)c1ccc(OCC2c3cc(OC)c(OC)cc3CCN2C(=O)C=Cc2ccc3c(c2)OCO3)cc1. The zero-order valence-corrected chi connectivity index (χ0v) is 22.0. The highest BCUT2D eigenvalue weighted by Crippen LogP contribution is 2.39. The van der Waals surface area contributed by atoms with Gasteiger partial charge < -0.3 is 33.3 Å². The average molecular weight is 532 g/mol. The number of nitrogens with zero attached hydrogens (tertiary/aromatic N) is 1. The third-order valence-corrected chi connectivity index (χ3v) is 6.78. The molecular weight excluding hydrogens is 502 g/mol. The van der Waals surface area contributed by atoms with Crippen molar-refractivity contribution < 1.29 is 38.0 Å². The summed E-state index contributed by atoms with van der Waals surface area (Å²) in [6.07, 6.45) is 3.98. The Morgan fingerprint density at radius 3 is 2.44 bits per heavy atom. The van der Waals surface area contributed by atoms with Gasteiger partial charge in [0, 0.05) is 12.6 Å². The van der Waals surface area contributed by atoms with Gasteiger partial charge in [-0.15, -0.1) is 0 Å². The molecule has 1 atom stereocenters. The van der Waals surface area contributed by atoms with Crippen LogP contribution in [0.5, 0.6) is 28.7 Å². The summed E-state index contributed by atoms with van der Waals surface area (Å²) < 4.78 is 32.7. The van der Waals surface area contributed by atoms with Crippen molar-refractivity contribution >= 4 is 18.0 Å².